The van der Waals surface area contributed by atoms with Crippen LogP contribution in [0.25, 0.3) is 0 Å². The predicted molar refractivity (Wildman–Crippen MR) is 78.5 cm³/mol. The monoisotopic (exact) mass is 284 g/mol. The van der Waals surface area contributed by atoms with Gasteiger partial charge in [-0.1, -0.05) is 43.7 Å². The lowest BCUT2D eigenvalue weighted by atomic mass is 9.92. The first kappa shape index (κ1) is 13.9. The molecule has 4 heteroatoms. The standard InChI is InChI=1S/C17H20N2O2/c1-2-3-9-21-16(20)19-10-14-15(11-19)17(14,12-18)13-7-5-4-6-8-13/h4-8,14-15H,2-3,9-11H2,1H3/t14-,15+,17-. The van der Waals surface area contributed by atoms with E-state index in [0.717, 1.165) is 18.4 Å². The molecule has 0 N–H and O–H groups in total. The van der Waals surface area contributed by atoms with E-state index < -0.39 is 0 Å². The molecular weight excluding hydrogens is 264 g/mol. The quantitative estimate of drug-likeness (QED) is 0.799. The highest BCUT2D eigenvalue weighted by atomic mass is 16.6. The second-order valence-corrected chi connectivity index (χ2v) is 5.93. The van der Waals surface area contributed by atoms with Gasteiger partial charge < -0.3 is 9.64 Å². The third-order valence-electron chi connectivity index (χ3n) is 4.80. The molecule has 4 nitrogen and oxygen atoms in total. The van der Waals surface area contributed by atoms with Gasteiger partial charge in [0.1, 0.15) is 0 Å². The minimum atomic E-state index is -0.387. The zero-order valence-corrected chi connectivity index (χ0v) is 12.3. The smallest absolute Gasteiger partial charge is 0.409 e. The lowest BCUT2D eigenvalue weighted by molar-refractivity contribution is 0.104. The molecule has 1 amide bonds. The highest BCUT2D eigenvalue weighted by Gasteiger charge is 2.70. The third kappa shape index (κ3) is 2.17. The normalized spacial score (nSPS) is 29.6. The van der Waals surface area contributed by atoms with Gasteiger partial charge in [-0.15, -0.1) is 0 Å². The zero-order valence-electron chi connectivity index (χ0n) is 12.3. The van der Waals surface area contributed by atoms with Crippen molar-refractivity contribution >= 4 is 6.09 Å². The first-order chi connectivity index (χ1) is 10.2. The molecule has 1 heterocycles. The van der Waals surface area contributed by atoms with Gasteiger partial charge in [0.15, 0.2) is 0 Å². The Kier molecular flexibility index (Phi) is 3.59. The molecule has 0 aromatic heterocycles. The number of unbranched alkanes of at least 4 members (excludes halogenated alkanes) is 1. The average Bonchev–Trinajstić information content (AvgIpc) is 2.90. The average molecular weight is 284 g/mol. The molecular formula is C17H20N2O2. The number of carbonyl (C=O) groups is 1. The van der Waals surface area contributed by atoms with E-state index in [2.05, 4.69) is 13.0 Å². The van der Waals surface area contributed by atoms with Crippen LogP contribution in [0.2, 0.25) is 0 Å². The SMILES string of the molecule is CCCCOC(=O)N1C[C@@H]2[C@H](C1)[C@]2(C#N)c1ccccc1. The molecule has 21 heavy (non-hydrogen) atoms. The number of hydrogen-bond donors (Lipinski definition) is 0. The van der Waals surface area contributed by atoms with Crippen molar-refractivity contribution in [3.05, 3.63) is 35.9 Å². The second-order valence-electron chi connectivity index (χ2n) is 5.93. The van der Waals surface area contributed by atoms with Gasteiger partial charge in [0.2, 0.25) is 0 Å². The molecule has 3 rings (SSSR count). The molecule has 2 fully saturated rings. The summed E-state index contributed by atoms with van der Waals surface area (Å²) < 4.78 is 5.25. The Morgan fingerprint density at radius 2 is 2.05 bits per heavy atom. The molecule has 0 bridgehead atoms. The summed E-state index contributed by atoms with van der Waals surface area (Å²) in [5.41, 5.74) is 0.697. The van der Waals surface area contributed by atoms with Gasteiger partial charge in [-0.05, 0) is 12.0 Å². The van der Waals surface area contributed by atoms with Crippen molar-refractivity contribution < 1.29 is 9.53 Å². The number of amides is 1. The van der Waals surface area contributed by atoms with E-state index in [1.54, 1.807) is 4.90 Å². The number of nitrogens with zero attached hydrogens (tertiary/aromatic N) is 2. The number of benzene rings is 1. The van der Waals surface area contributed by atoms with Crippen molar-refractivity contribution in [2.75, 3.05) is 19.7 Å². The number of nitriles is 1. The van der Waals surface area contributed by atoms with Gasteiger partial charge >= 0.3 is 6.09 Å². The fourth-order valence-corrected chi connectivity index (χ4v) is 3.55. The summed E-state index contributed by atoms with van der Waals surface area (Å²) in [4.78, 5) is 13.7. The van der Waals surface area contributed by atoms with Crippen molar-refractivity contribution in [3.63, 3.8) is 0 Å². The number of piperidine rings is 1. The molecule has 1 aliphatic heterocycles. The molecule has 0 spiro atoms. The minimum absolute atomic E-state index is 0.226. The fourth-order valence-electron chi connectivity index (χ4n) is 3.55. The number of fused-ring (bicyclic) bond motifs is 1. The summed E-state index contributed by atoms with van der Waals surface area (Å²) in [5.74, 6) is 0.507. The van der Waals surface area contributed by atoms with Crippen LogP contribution in [0.1, 0.15) is 25.3 Å². The lowest BCUT2D eigenvalue weighted by Crippen LogP contribution is -2.35. The predicted octanol–water partition coefficient (Wildman–Crippen LogP) is 2.95. The van der Waals surface area contributed by atoms with E-state index in [-0.39, 0.29) is 23.3 Å². The van der Waals surface area contributed by atoms with Gasteiger partial charge in [0, 0.05) is 24.9 Å². The maximum absolute atomic E-state index is 11.9. The molecule has 1 saturated heterocycles. The summed E-state index contributed by atoms with van der Waals surface area (Å²) in [5, 5.41) is 9.63. The van der Waals surface area contributed by atoms with Crippen molar-refractivity contribution in [2.24, 2.45) is 11.8 Å². The maximum atomic E-state index is 11.9. The Morgan fingerprint density at radius 1 is 1.38 bits per heavy atom. The largest absolute Gasteiger partial charge is 0.449 e. The highest BCUT2D eigenvalue weighted by Crippen LogP contribution is 2.63. The number of rotatable bonds is 4. The fraction of sp³-hybridized carbons (Fsp3) is 0.529. The number of likely N-dealkylation sites (tertiary alicyclic amines) is 1. The van der Waals surface area contributed by atoms with Crippen LogP contribution in [0.4, 0.5) is 4.79 Å². The molecule has 2 aliphatic rings. The van der Waals surface area contributed by atoms with Gasteiger partial charge in [-0.25, -0.2) is 4.79 Å². The molecule has 1 aromatic rings. The Labute approximate surface area is 125 Å². The van der Waals surface area contributed by atoms with E-state index in [4.69, 9.17) is 4.74 Å². The Balaban J connectivity index is 1.63. The van der Waals surface area contributed by atoms with E-state index in [9.17, 15) is 10.1 Å². The first-order valence-corrected chi connectivity index (χ1v) is 7.62. The molecule has 3 atom stereocenters. The number of hydrogen-bond acceptors (Lipinski definition) is 3. The number of carbonyl (C=O) groups excluding carboxylic acids is 1. The topological polar surface area (TPSA) is 53.3 Å². The summed E-state index contributed by atoms with van der Waals surface area (Å²) >= 11 is 0. The van der Waals surface area contributed by atoms with Gasteiger partial charge in [0.05, 0.1) is 18.1 Å². The maximum Gasteiger partial charge on any atom is 0.409 e. The van der Waals surface area contributed by atoms with Gasteiger partial charge in [-0.2, -0.15) is 5.26 Å². The van der Waals surface area contributed by atoms with Crippen molar-refractivity contribution in [1.29, 1.82) is 5.26 Å². The van der Waals surface area contributed by atoms with Crippen LogP contribution in [-0.4, -0.2) is 30.7 Å². The second kappa shape index (κ2) is 5.40. The van der Waals surface area contributed by atoms with Crippen LogP contribution in [0, 0.1) is 23.2 Å². The lowest BCUT2D eigenvalue weighted by Gasteiger charge is -2.22. The molecule has 0 radical (unpaired) electrons. The molecule has 1 aliphatic carbocycles. The highest BCUT2D eigenvalue weighted by molar-refractivity contribution is 5.69. The van der Waals surface area contributed by atoms with Crippen LogP contribution in [0.5, 0.6) is 0 Å². The van der Waals surface area contributed by atoms with E-state index in [1.165, 1.54) is 0 Å². The van der Waals surface area contributed by atoms with Crippen molar-refractivity contribution in [1.82, 2.24) is 4.90 Å². The zero-order chi connectivity index (χ0) is 14.9. The van der Waals surface area contributed by atoms with Crippen LogP contribution >= 0.6 is 0 Å². The van der Waals surface area contributed by atoms with Crippen LogP contribution in [-0.2, 0) is 10.2 Å². The Hall–Kier alpha value is -2.02. The molecule has 1 aromatic carbocycles. The van der Waals surface area contributed by atoms with Crippen LogP contribution in [0.3, 0.4) is 0 Å². The van der Waals surface area contributed by atoms with Gasteiger partial charge in [-0.3, -0.25) is 0 Å². The Bertz CT molecular complexity index is 552. The van der Waals surface area contributed by atoms with E-state index in [1.807, 2.05) is 30.3 Å². The molecule has 1 saturated carbocycles. The third-order valence-corrected chi connectivity index (χ3v) is 4.80. The molecule has 0 unspecified atom stereocenters. The Morgan fingerprint density at radius 3 is 2.62 bits per heavy atom. The minimum Gasteiger partial charge on any atom is -0.449 e. The van der Waals surface area contributed by atoms with Crippen molar-refractivity contribution in [2.45, 2.75) is 25.2 Å². The van der Waals surface area contributed by atoms with Crippen LogP contribution < -0.4 is 0 Å². The van der Waals surface area contributed by atoms with E-state index in [0.29, 0.717) is 19.7 Å². The number of ether oxygens (including phenoxy) is 1. The van der Waals surface area contributed by atoms with Gasteiger partial charge in [0.25, 0.3) is 0 Å². The van der Waals surface area contributed by atoms with Crippen molar-refractivity contribution in [3.8, 4) is 6.07 Å². The first-order valence-electron chi connectivity index (χ1n) is 7.62. The van der Waals surface area contributed by atoms with Crippen LogP contribution in [0.15, 0.2) is 30.3 Å². The van der Waals surface area contributed by atoms with E-state index >= 15 is 0 Å². The summed E-state index contributed by atoms with van der Waals surface area (Å²) in [6.07, 6.45) is 1.69. The summed E-state index contributed by atoms with van der Waals surface area (Å²) in [6.45, 7) is 3.83. The summed E-state index contributed by atoms with van der Waals surface area (Å²) in [7, 11) is 0. The molecule has 110 valence electrons. The summed E-state index contributed by atoms with van der Waals surface area (Å²) in [6, 6.07) is 12.4.